The van der Waals surface area contributed by atoms with Gasteiger partial charge in [0.2, 0.25) is 0 Å². The molecule has 0 fully saturated rings. The summed E-state index contributed by atoms with van der Waals surface area (Å²) in [6.07, 6.45) is -4.45. The molecule has 1 aliphatic rings. The fraction of sp³-hybridized carbons (Fsp3) is 0.208. The molecule has 7 nitrogen and oxygen atoms in total. The number of fused-ring (bicyclic) bond motifs is 1. The molecule has 12 heteroatoms. The van der Waals surface area contributed by atoms with E-state index in [1.165, 1.54) is 40.7 Å². The van der Waals surface area contributed by atoms with Gasteiger partial charge in [-0.05, 0) is 67.4 Å². The van der Waals surface area contributed by atoms with Gasteiger partial charge in [-0.25, -0.2) is 8.42 Å². The van der Waals surface area contributed by atoms with Crippen LogP contribution in [0.1, 0.15) is 25.0 Å². The average molecular weight is 540 g/mol. The first-order valence-electron chi connectivity index (χ1n) is 10.5. The van der Waals surface area contributed by atoms with Gasteiger partial charge in [-0.2, -0.15) is 13.2 Å². The number of halogens is 4. The zero-order chi connectivity index (χ0) is 26.5. The van der Waals surface area contributed by atoms with Crippen molar-refractivity contribution in [2.45, 2.75) is 30.5 Å². The van der Waals surface area contributed by atoms with E-state index >= 15 is 0 Å². The normalized spacial score (nSPS) is 15.1. The highest BCUT2D eigenvalue weighted by atomic mass is 35.5. The number of anilines is 1. The predicted octanol–water partition coefficient (Wildman–Crippen LogP) is 5.70. The van der Waals surface area contributed by atoms with Crippen LogP contribution in [-0.4, -0.2) is 31.6 Å². The summed E-state index contributed by atoms with van der Waals surface area (Å²) in [7, 11) is -4.13. The summed E-state index contributed by atoms with van der Waals surface area (Å²) in [5.74, 6) is -0.140. The number of nitrogens with zero attached hydrogens (tertiary/aromatic N) is 1. The Morgan fingerprint density at radius 1 is 1.08 bits per heavy atom. The molecule has 0 aliphatic carbocycles. The number of hydroxylamine groups is 1. The lowest BCUT2D eigenvalue weighted by Gasteiger charge is -2.40. The largest absolute Gasteiger partial charge is 0.484 e. The van der Waals surface area contributed by atoms with E-state index in [2.05, 4.69) is 0 Å². The highest BCUT2D eigenvalue weighted by Crippen LogP contribution is 2.43. The van der Waals surface area contributed by atoms with E-state index in [9.17, 15) is 21.6 Å². The Morgan fingerprint density at radius 3 is 2.31 bits per heavy atom. The number of hydrogen-bond acceptors (Lipinski definition) is 5. The van der Waals surface area contributed by atoms with Gasteiger partial charge in [0.25, 0.3) is 10.0 Å². The summed E-state index contributed by atoms with van der Waals surface area (Å²) >= 11 is 6.16. The maximum absolute atomic E-state index is 13.6. The molecule has 3 N–H and O–H groups in total. The van der Waals surface area contributed by atoms with Crippen molar-refractivity contribution in [3.05, 3.63) is 76.8 Å². The highest BCUT2D eigenvalue weighted by Gasteiger charge is 2.39. The van der Waals surface area contributed by atoms with Crippen molar-refractivity contribution in [2.75, 3.05) is 10.8 Å². The zero-order valence-corrected chi connectivity index (χ0v) is 20.6. The van der Waals surface area contributed by atoms with Crippen molar-refractivity contribution in [3.63, 3.8) is 0 Å². The second-order valence-electron chi connectivity index (χ2n) is 8.76. The molecule has 3 aromatic carbocycles. The summed E-state index contributed by atoms with van der Waals surface area (Å²) < 4.78 is 73.2. The third-order valence-electron chi connectivity index (χ3n) is 5.59. The SMILES string of the molecule is CC1(C)CN(S(=O)(=O)c2ccc(C(=N)NO)c(Cl)c2)c2ccc(-c3ccc(C(F)(F)F)cc3)cc2O1. The summed E-state index contributed by atoms with van der Waals surface area (Å²) in [6.45, 7) is 3.41. The fourth-order valence-corrected chi connectivity index (χ4v) is 5.85. The van der Waals surface area contributed by atoms with Crippen molar-refractivity contribution < 1.29 is 31.5 Å². The summed E-state index contributed by atoms with van der Waals surface area (Å²) in [6, 6.07) is 13.2. The van der Waals surface area contributed by atoms with Crippen molar-refractivity contribution in [3.8, 4) is 16.9 Å². The van der Waals surface area contributed by atoms with Gasteiger partial charge >= 0.3 is 6.18 Å². The topological polar surface area (TPSA) is 103 Å². The molecule has 0 unspecified atom stereocenters. The Bertz CT molecular complexity index is 1440. The molecule has 0 aromatic heterocycles. The van der Waals surface area contributed by atoms with E-state index in [1.807, 2.05) is 0 Å². The lowest BCUT2D eigenvalue weighted by molar-refractivity contribution is -0.137. The van der Waals surface area contributed by atoms with Gasteiger partial charge in [0.15, 0.2) is 5.84 Å². The monoisotopic (exact) mass is 539 g/mol. The number of ether oxygens (including phenoxy) is 1. The van der Waals surface area contributed by atoms with E-state index < -0.39 is 33.2 Å². The van der Waals surface area contributed by atoms with Crippen molar-refractivity contribution in [1.82, 2.24) is 5.48 Å². The van der Waals surface area contributed by atoms with Gasteiger partial charge in [0.1, 0.15) is 11.4 Å². The molecule has 36 heavy (non-hydrogen) atoms. The van der Waals surface area contributed by atoms with Crippen LogP contribution in [-0.2, 0) is 16.2 Å². The first kappa shape index (κ1) is 25.8. The van der Waals surface area contributed by atoms with Crippen LogP contribution >= 0.6 is 11.6 Å². The number of nitrogens with one attached hydrogen (secondary N) is 2. The van der Waals surface area contributed by atoms with Gasteiger partial charge in [-0.1, -0.05) is 29.8 Å². The van der Waals surface area contributed by atoms with Crippen LogP contribution in [0.2, 0.25) is 5.02 Å². The van der Waals surface area contributed by atoms with Crippen LogP contribution in [0.3, 0.4) is 0 Å². The Morgan fingerprint density at radius 2 is 1.72 bits per heavy atom. The van der Waals surface area contributed by atoms with Crippen LogP contribution in [0.4, 0.5) is 18.9 Å². The smallest absolute Gasteiger partial charge is 0.416 e. The maximum atomic E-state index is 13.6. The third kappa shape index (κ3) is 4.86. The summed E-state index contributed by atoms with van der Waals surface area (Å²) in [4.78, 5) is -0.127. The van der Waals surface area contributed by atoms with Crippen molar-refractivity contribution in [2.24, 2.45) is 0 Å². The number of hydrogen-bond donors (Lipinski definition) is 3. The molecule has 1 heterocycles. The first-order chi connectivity index (χ1) is 16.7. The highest BCUT2D eigenvalue weighted by molar-refractivity contribution is 7.92. The van der Waals surface area contributed by atoms with E-state index in [1.54, 1.807) is 31.5 Å². The molecule has 0 saturated carbocycles. The number of benzene rings is 3. The first-order valence-corrected chi connectivity index (χ1v) is 12.4. The zero-order valence-electron chi connectivity index (χ0n) is 19.0. The quantitative estimate of drug-likeness (QED) is 0.224. The van der Waals surface area contributed by atoms with E-state index in [4.69, 9.17) is 27.0 Å². The molecular weight excluding hydrogens is 519 g/mol. The molecule has 190 valence electrons. The standard InChI is InChI=1S/C24H21ClF3N3O4S/c1-23(2)13-31(36(33,34)17-8-9-18(19(25)12-17)22(29)30-32)20-10-5-15(11-21(20)35-23)14-3-6-16(7-4-14)24(26,27)28/h3-12,32H,13H2,1-2H3,(H2,29,30). The molecule has 0 amide bonds. The van der Waals surface area contributed by atoms with Crippen LogP contribution in [0.5, 0.6) is 5.75 Å². The molecule has 0 saturated heterocycles. The number of rotatable bonds is 4. The molecular formula is C24H21ClF3N3O4S. The number of alkyl halides is 3. The van der Waals surface area contributed by atoms with E-state index in [0.29, 0.717) is 11.1 Å². The Hall–Kier alpha value is -3.28. The minimum Gasteiger partial charge on any atom is -0.484 e. The molecule has 0 bridgehead atoms. The molecule has 0 spiro atoms. The van der Waals surface area contributed by atoms with Gasteiger partial charge in [-0.3, -0.25) is 20.4 Å². The molecule has 0 atom stereocenters. The van der Waals surface area contributed by atoms with Crippen molar-refractivity contribution >= 4 is 33.1 Å². The average Bonchev–Trinajstić information content (AvgIpc) is 2.81. The van der Waals surface area contributed by atoms with Gasteiger partial charge in [-0.15, -0.1) is 0 Å². The second-order valence-corrected chi connectivity index (χ2v) is 11.0. The lowest BCUT2D eigenvalue weighted by atomic mass is 10.0. The fourth-order valence-electron chi connectivity index (χ4n) is 3.86. The van der Waals surface area contributed by atoms with Gasteiger partial charge in [0.05, 0.1) is 27.7 Å². The molecule has 4 rings (SSSR count). The minimum absolute atomic E-state index is 0.0185. The second kappa shape index (κ2) is 8.99. The predicted molar refractivity (Wildman–Crippen MR) is 129 cm³/mol. The molecule has 3 aromatic rings. The number of sulfonamides is 1. The summed E-state index contributed by atoms with van der Waals surface area (Å²) in [5, 5.41) is 16.5. The molecule has 1 aliphatic heterocycles. The summed E-state index contributed by atoms with van der Waals surface area (Å²) in [5.41, 5.74) is 1.40. The number of amidine groups is 1. The van der Waals surface area contributed by atoms with Crippen LogP contribution in [0.25, 0.3) is 11.1 Å². The van der Waals surface area contributed by atoms with Crippen LogP contribution in [0, 0.1) is 5.41 Å². The Balaban J connectivity index is 1.75. The van der Waals surface area contributed by atoms with Gasteiger partial charge in [0, 0.05) is 5.56 Å². The third-order valence-corrected chi connectivity index (χ3v) is 7.66. The maximum Gasteiger partial charge on any atom is 0.416 e. The van der Waals surface area contributed by atoms with E-state index in [0.717, 1.165) is 12.1 Å². The van der Waals surface area contributed by atoms with Crippen LogP contribution in [0.15, 0.2) is 65.6 Å². The Kier molecular flexibility index (Phi) is 6.44. The minimum atomic E-state index is -4.45. The van der Waals surface area contributed by atoms with E-state index in [-0.39, 0.29) is 33.5 Å². The van der Waals surface area contributed by atoms with Crippen LogP contribution < -0.4 is 14.5 Å². The van der Waals surface area contributed by atoms with Crippen molar-refractivity contribution in [1.29, 1.82) is 5.41 Å². The lowest BCUT2D eigenvalue weighted by Crippen LogP contribution is -2.49. The van der Waals surface area contributed by atoms with Gasteiger partial charge < -0.3 is 4.74 Å². The molecule has 0 radical (unpaired) electrons. The Labute approximate surface area is 210 Å².